The number of anilines is 1. The van der Waals surface area contributed by atoms with Crippen molar-refractivity contribution in [3.05, 3.63) is 88.3 Å². The van der Waals surface area contributed by atoms with E-state index in [0.717, 1.165) is 16.7 Å². The van der Waals surface area contributed by atoms with Crippen LogP contribution in [0.25, 0.3) is 11.8 Å². The maximum atomic E-state index is 13.2. The van der Waals surface area contributed by atoms with Gasteiger partial charge in [0.1, 0.15) is 12.4 Å². The van der Waals surface area contributed by atoms with E-state index in [4.69, 9.17) is 11.6 Å². The quantitative estimate of drug-likeness (QED) is 0.553. The monoisotopic (exact) mass is 455 g/mol. The minimum atomic E-state index is -0.559. The molecule has 3 amide bonds. The third kappa shape index (κ3) is 4.55. The number of imide groups is 1. The van der Waals surface area contributed by atoms with Crippen molar-refractivity contribution in [2.45, 2.75) is 0 Å². The van der Waals surface area contributed by atoms with Crippen LogP contribution >= 0.6 is 23.4 Å². The molecule has 1 aromatic heterocycles. The summed E-state index contributed by atoms with van der Waals surface area (Å²) in [4.78, 5) is 38.5. The molecule has 0 spiro atoms. The number of nitrogens with one attached hydrogen (secondary N) is 1. The molecule has 1 aliphatic heterocycles. The van der Waals surface area contributed by atoms with Crippen molar-refractivity contribution < 1.29 is 18.8 Å². The Morgan fingerprint density at radius 1 is 1.06 bits per heavy atom. The van der Waals surface area contributed by atoms with E-state index in [2.05, 4.69) is 5.32 Å². The molecular formula is C22H15ClFN3O3S. The van der Waals surface area contributed by atoms with Crippen molar-refractivity contribution in [3.63, 3.8) is 0 Å². The zero-order valence-corrected chi connectivity index (χ0v) is 17.5. The lowest BCUT2D eigenvalue weighted by Gasteiger charge is -2.13. The maximum Gasteiger partial charge on any atom is 0.294 e. The standard InChI is InChI=1S/C22H15ClFN3O3S/c23-17-5-1-2-6-18(17)25-20(28)13-27-21(29)19(31-22(27)30)12-16-4-3-11-26(16)15-9-7-14(24)8-10-15/h1-12H,13H2,(H,25,28)/b19-12+. The van der Waals surface area contributed by atoms with Gasteiger partial charge < -0.3 is 9.88 Å². The number of benzene rings is 2. The Morgan fingerprint density at radius 2 is 1.81 bits per heavy atom. The Bertz CT molecular complexity index is 1210. The fourth-order valence-corrected chi connectivity index (χ4v) is 4.02. The van der Waals surface area contributed by atoms with Crippen LogP contribution in [0.5, 0.6) is 0 Å². The molecule has 2 heterocycles. The highest BCUT2D eigenvalue weighted by Gasteiger charge is 2.36. The molecule has 0 aliphatic carbocycles. The van der Waals surface area contributed by atoms with Gasteiger partial charge in [-0.1, -0.05) is 23.7 Å². The van der Waals surface area contributed by atoms with Gasteiger partial charge in [0.05, 0.1) is 15.6 Å². The third-order valence-corrected chi connectivity index (χ3v) is 5.72. The molecule has 0 atom stereocenters. The lowest BCUT2D eigenvalue weighted by molar-refractivity contribution is -0.127. The van der Waals surface area contributed by atoms with Gasteiger partial charge in [-0.2, -0.15) is 0 Å². The summed E-state index contributed by atoms with van der Waals surface area (Å²) in [7, 11) is 0. The summed E-state index contributed by atoms with van der Waals surface area (Å²) >= 11 is 6.78. The van der Waals surface area contributed by atoms with E-state index in [-0.39, 0.29) is 10.7 Å². The van der Waals surface area contributed by atoms with Crippen LogP contribution in [-0.2, 0) is 9.59 Å². The zero-order chi connectivity index (χ0) is 22.0. The molecule has 0 bridgehead atoms. The maximum absolute atomic E-state index is 13.2. The van der Waals surface area contributed by atoms with E-state index >= 15 is 0 Å². The Hall–Kier alpha value is -3.36. The SMILES string of the molecule is O=C(CN1C(=O)S/C(=C/c2cccn2-c2ccc(F)cc2)C1=O)Nc1ccccc1Cl. The van der Waals surface area contributed by atoms with Crippen molar-refractivity contribution >= 4 is 52.2 Å². The molecule has 3 aromatic rings. The second kappa shape index (κ2) is 8.79. The molecule has 1 aliphatic rings. The van der Waals surface area contributed by atoms with E-state index in [1.54, 1.807) is 65.4 Å². The molecule has 4 rings (SSSR count). The van der Waals surface area contributed by atoms with Gasteiger partial charge in [0.25, 0.3) is 11.1 Å². The molecule has 6 nitrogen and oxygen atoms in total. The summed E-state index contributed by atoms with van der Waals surface area (Å²) < 4.78 is 15.0. The van der Waals surface area contributed by atoms with Crippen LogP contribution in [0.15, 0.2) is 71.8 Å². The number of carbonyl (C=O) groups excluding carboxylic acids is 3. The van der Waals surface area contributed by atoms with Crippen molar-refractivity contribution in [3.8, 4) is 5.69 Å². The highest BCUT2D eigenvalue weighted by atomic mass is 35.5. The topological polar surface area (TPSA) is 71.4 Å². The number of aromatic nitrogens is 1. The molecule has 9 heteroatoms. The zero-order valence-electron chi connectivity index (χ0n) is 15.9. The van der Waals surface area contributed by atoms with E-state index in [9.17, 15) is 18.8 Å². The number of rotatable bonds is 5. The highest BCUT2D eigenvalue weighted by Crippen LogP contribution is 2.32. The van der Waals surface area contributed by atoms with E-state index < -0.39 is 23.6 Å². The fourth-order valence-electron chi connectivity index (χ4n) is 3.02. The molecule has 0 radical (unpaired) electrons. The molecule has 156 valence electrons. The van der Waals surface area contributed by atoms with Crippen LogP contribution in [0.4, 0.5) is 14.9 Å². The predicted octanol–water partition coefficient (Wildman–Crippen LogP) is 4.94. The fraction of sp³-hybridized carbons (Fsp3) is 0.0455. The number of nitrogens with zero attached hydrogens (tertiary/aromatic N) is 2. The van der Waals surface area contributed by atoms with Gasteiger partial charge in [0.15, 0.2) is 0 Å². The highest BCUT2D eigenvalue weighted by molar-refractivity contribution is 8.18. The summed E-state index contributed by atoms with van der Waals surface area (Å²) in [6.45, 7) is -0.424. The number of carbonyl (C=O) groups is 3. The normalized spacial score (nSPS) is 15.0. The van der Waals surface area contributed by atoms with Crippen LogP contribution in [0, 0.1) is 5.82 Å². The Balaban J connectivity index is 1.51. The average molecular weight is 456 g/mol. The second-order valence-electron chi connectivity index (χ2n) is 6.58. The number of hydrogen-bond acceptors (Lipinski definition) is 4. The molecule has 31 heavy (non-hydrogen) atoms. The second-order valence-corrected chi connectivity index (χ2v) is 7.98. The van der Waals surface area contributed by atoms with Crippen LogP contribution in [0.2, 0.25) is 5.02 Å². The number of hydrogen-bond donors (Lipinski definition) is 1. The molecule has 2 aromatic carbocycles. The molecular weight excluding hydrogens is 441 g/mol. The van der Waals surface area contributed by atoms with Crippen molar-refractivity contribution in [1.29, 1.82) is 0 Å². The van der Waals surface area contributed by atoms with Crippen molar-refractivity contribution in [1.82, 2.24) is 9.47 Å². The lowest BCUT2D eigenvalue weighted by Crippen LogP contribution is -2.36. The van der Waals surface area contributed by atoms with E-state index in [0.29, 0.717) is 22.1 Å². The summed E-state index contributed by atoms with van der Waals surface area (Å²) in [6.07, 6.45) is 3.33. The predicted molar refractivity (Wildman–Crippen MR) is 118 cm³/mol. The number of amides is 3. The number of halogens is 2. The minimum Gasteiger partial charge on any atom is -0.323 e. The smallest absolute Gasteiger partial charge is 0.294 e. The molecule has 1 saturated heterocycles. The van der Waals surface area contributed by atoms with Gasteiger partial charge in [0, 0.05) is 17.6 Å². The Labute approximate surface area is 186 Å². The van der Waals surface area contributed by atoms with Gasteiger partial charge in [-0.25, -0.2) is 4.39 Å². The first kappa shape index (κ1) is 20.9. The van der Waals surface area contributed by atoms with E-state index in [1.807, 2.05) is 0 Å². The van der Waals surface area contributed by atoms with Crippen LogP contribution in [0.3, 0.4) is 0 Å². The summed E-state index contributed by atoms with van der Waals surface area (Å²) in [6, 6.07) is 16.1. The van der Waals surface area contributed by atoms with Crippen molar-refractivity contribution in [2.75, 3.05) is 11.9 Å². The summed E-state index contributed by atoms with van der Waals surface area (Å²) in [5.41, 5.74) is 1.74. The first-order chi connectivity index (χ1) is 14.9. The van der Waals surface area contributed by atoms with Gasteiger partial charge in [-0.05, 0) is 66.4 Å². The largest absolute Gasteiger partial charge is 0.323 e. The minimum absolute atomic E-state index is 0.192. The molecule has 1 fully saturated rings. The Kier molecular flexibility index (Phi) is 5.92. The lowest BCUT2D eigenvalue weighted by atomic mass is 10.3. The van der Waals surface area contributed by atoms with Crippen LogP contribution < -0.4 is 5.32 Å². The summed E-state index contributed by atoms with van der Waals surface area (Å²) in [5.74, 6) is -1.45. The molecule has 0 saturated carbocycles. The first-order valence-corrected chi connectivity index (χ1v) is 10.3. The average Bonchev–Trinajstić information content (AvgIpc) is 3.30. The van der Waals surface area contributed by atoms with Gasteiger partial charge in [-0.3, -0.25) is 19.3 Å². The van der Waals surface area contributed by atoms with Crippen molar-refractivity contribution in [2.24, 2.45) is 0 Å². The van der Waals surface area contributed by atoms with Gasteiger partial charge in [-0.15, -0.1) is 0 Å². The Morgan fingerprint density at radius 3 is 2.55 bits per heavy atom. The first-order valence-electron chi connectivity index (χ1n) is 9.15. The summed E-state index contributed by atoms with van der Waals surface area (Å²) in [5, 5.41) is 2.41. The van der Waals surface area contributed by atoms with Gasteiger partial charge >= 0.3 is 0 Å². The number of para-hydroxylation sites is 1. The third-order valence-electron chi connectivity index (χ3n) is 4.49. The molecule has 1 N–H and O–H groups in total. The van der Waals surface area contributed by atoms with Crippen LogP contribution in [0.1, 0.15) is 5.69 Å². The van der Waals surface area contributed by atoms with Gasteiger partial charge in [0.2, 0.25) is 5.91 Å². The molecule has 0 unspecified atom stereocenters. The van der Waals surface area contributed by atoms with Crippen LogP contribution in [-0.4, -0.2) is 33.1 Å². The number of thioether (sulfide) groups is 1. The van der Waals surface area contributed by atoms with E-state index in [1.165, 1.54) is 12.1 Å².